The number of carbonyl (C=O) groups is 2. The highest BCUT2D eigenvalue weighted by Crippen LogP contribution is 2.57. The fourth-order valence-corrected chi connectivity index (χ4v) is 6.13. The molecular formula is C24H35NO5. The Hall–Kier alpha value is -1.50. The SMILES string of the molecule is CC1=CC2C=C(C)[C@@H](C)[C@H]3C(CC(C)C)NC(=O)[C@@]23C(=O)[C@@H]2O[C@@H]2[C@H](O)[C@H](O)CC1. The number of hydrogen-bond acceptors (Lipinski definition) is 5. The van der Waals surface area contributed by atoms with Crippen LogP contribution in [0.3, 0.4) is 0 Å². The summed E-state index contributed by atoms with van der Waals surface area (Å²) in [7, 11) is 0. The van der Waals surface area contributed by atoms with Gasteiger partial charge in [-0.1, -0.05) is 44.1 Å². The fraction of sp³-hybridized carbons (Fsp3) is 0.750. The van der Waals surface area contributed by atoms with Gasteiger partial charge < -0.3 is 20.3 Å². The van der Waals surface area contributed by atoms with Crippen molar-refractivity contribution in [3.8, 4) is 0 Å². The van der Waals surface area contributed by atoms with Gasteiger partial charge in [0.1, 0.15) is 23.7 Å². The van der Waals surface area contributed by atoms with E-state index in [9.17, 15) is 19.8 Å². The number of epoxide rings is 1. The van der Waals surface area contributed by atoms with E-state index in [0.717, 1.165) is 12.0 Å². The van der Waals surface area contributed by atoms with E-state index in [4.69, 9.17) is 4.74 Å². The molecule has 4 aliphatic rings. The maximum Gasteiger partial charge on any atom is 0.235 e. The first kappa shape index (κ1) is 21.7. The maximum absolute atomic E-state index is 14.0. The van der Waals surface area contributed by atoms with Gasteiger partial charge >= 0.3 is 0 Å². The molecule has 1 spiro atoms. The second-order valence-electron chi connectivity index (χ2n) is 10.3. The number of rotatable bonds is 2. The number of Topliss-reactive ketones (excluding diaryl/α,β-unsaturated/α-hetero) is 1. The zero-order valence-corrected chi connectivity index (χ0v) is 18.6. The molecular weight excluding hydrogens is 382 g/mol. The van der Waals surface area contributed by atoms with E-state index in [1.54, 1.807) is 0 Å². The number of aliphatic hydroxyl groups excluding tert-OH is 2. The number of allylic oxidation sites excluding steroid dienone is 4. The third kappa shape index (κ3) is 3.19. The maximum atomic E-state index is 14.0. The van der Waals surface area contributed by atoms with E-state index in [1.165, 1.54) is 5.57 Å². The largest absolute Gasteiger partial charge is 0.390 e. The summed E-state index contributed by atoms with van der Waals surface area (Å²) in [5.41, 5.74) is 0.993. The van der Waals surface area contributed by atoms with E-state index in [1.807, 2.05) is 13.0 Å². The Kier molecular flexibility index (Phi) is 5.48. The van der Waals surface area contributed by atoms with Gasteiger partial charge in [0.15, 0.2) is 5.78 Å². The molecule has 0 aromatic rings. The van der Waals surface area contributed by atoms with Crippen LogP contribution in [0.5, 0.6) is 0 Å². The summed E-state index contributed by atoms with van der Waals surface area (Å²) in [4.78, 5) is 27.6. The van der Waals surface area contributed by atoms with Crippen LogP contribution in [0.1, 0.15) is 53.9 Å². The predicted octanol–water partition coefficient (Wildman–Crippen LogP) is 2.14. The Morgan fingerprint density at radius 1 is 1.23 bits per heavy atom. The van der Waals surface area contributed by atoms with Crippen molar-refractivity contribution >= 4 is 11.7 Å². The molecule has 0 radical (unpaired) electrons. The summed E-state index contributed by atoms with van der Waals surface area (Å²) >= 11 is 0. The molecule has 1 amide bonds. The lowest BCUT2D eigenvalue weighted by molar-refractivity contribution is -0.146. The number of amides is 1. The number of hydrogen-bond donors (Lipinski definition) is 3. The van der Waals surface area contributed by atoms with Crippen molar-refractivity contribution in [1.29, 1.82) is 0 Å². The predicted molar refractivity (Wildman–Crippen MR) is 112 cm³/mol. The minimum atomic E-state index is -1.23. The minimum absolute atomic E-state index is 0.0749. The lowest BCUT2D eigenvalue weighted by Gasteiger charge is -2.44. The molecule has 30 heavy (non-hydrogen) atoms. The lowest BCUT2D eigenvalue weighted by atomic mass is 9.54. The summed E-state index contributed by atoms with van der Waals surface area (Å²) in [6, 6.07) is -0.0749. The Balaban J connectivity index is 1.87. The van der Waals surface area contributed by atoms with Gasteiger partial charge in [-0.15, -0.1) is 0 Å². The molecule has 9 atom stereocenters. The Morgan fingerprint density at radius 3 is 2.60 bits per heavy atom. The molecule has 6 nitrogen and oxygen atoms in total. The smallest absolute Gasteiger partial charge is 0.235 e. The Labute approximate surface area is 178 Å². The monoisotopic (exact) mass is 417 g/mol. The molecule has 3 N–H and O–H groups in total. The van der Waals surface area contributed by atoms with Crippen LogP contribution in [0.2, 0.25) is 0 Å². The van der Waals surface area contributed by atoms with E-state index in [0.29, 0.717) is 18.8 Å². The molecule has 2 heterocycles. The zero-order chi connectivity index (χ0) is 22.0. The molecule has 2 saturated heterocycles. The van der Waals surface area contributed by atoms with Crippen LogP contribution in [0.4, 0.5) is 0 Å². The van der Waals surface area contributed by atoms with Crippen molar-refractivity contribution in [2.24, 2.45) is 29.1 Å². The molecule has 0 aromatic carbocycles. The van der Waals surface area contributed by atoms with Crippen molar-refractivity contribution in [3.05, 3.63) is 23.3 Å². The highest BCUT2D eigenvalue weighted by Gasteiger charge is 2.70. The van der Waals surface area contributed by atoms with E-state index in [-0.39, 0.29) is 35.5 Å². The topological polar surface area (TPSA) is 99.2 Å². The van der Waals surface area contributed by atoms with E-state index < -0.39 is 29.8 Å². The zero-order valence-electron chi connectivity index (χ0n) is 18.6. The quantitative estimate of drug-likeness (QED) is 0.363. The molecule has 0 saturated carbocycles. The second kappa shape index (κ2) is 7.57. The van der Waals surface area contributed by atoms with Crippen LogP contribution in [-0.4, -0.2) is 52.4 Å². The molecule has 0 aromatic heterocycles. The van der Waals surface area contributed by atoms with Crippen LogP contribution < -0.4 is 5.32 Å². The highest BCUT2D eigenvalue weighted by atomic mass is 16.6. The van der Waals surface area contributed by atoms with Crippen molar-refractivity contribution < 1.29 is 24.5 Å². The third-order valence-electron chi connectivity index (χ3n) is 7.82. The van der Waals surface area contributed by atoms with Crippen molar-refractivity contribution in [3.63, 3.8) is 0 Å². The van der Waals surface area contributed by atoms with Crippen LogP contribution in [0.15, 0.2) is 23.3 Å². The van der Waals surface area contributed by atoms with Crippen molar-refractivity contribution in [2.75, 3.05) is 0 Å². The number of carbonyl (C=O) groups excluding carboxylic acids is 2. The number of nitrogens with one attached hydrogen (secondary N) is 1. The number of ether oxygens (including phenoxy) is 1. The first-order chi connectivity index (χ1) is 14.1. The van der Waals surface area contributed by atoms with Gasteiger partial charge in [-0.2, -0.15) is 0 Å². The number of fused-ring (bicyclic) bond motifs is 1. The van der Waals surface area contributed by atoms with Gasteiger partial charge in [0.25, 0.3) is 0 Å². The van der Waals surface area contributed by atoms with Crippen LogP contribution >= 0.6 is 0 Å². The van der Waals surface area contributed by atoms with Gasteiger partial charge in [-0.05, 0) is 44.9 Å². The molecule has 2 fully saturated rings. The third-order valence-corrected chi connectivity index (χ3v) is 7.82. The normalized spacial score (nSPS) is 46.1. The van der Waals surface area contributed by atoms with Crippen molar-refractivity contribution in [1.82, 2.24) is 5.32 Å². The van der Waals surface area contributed by atoms with Gasteiger partial charge in [0.05, 0.1) is 6.10 Å². The van der Waals surface area contributed by atoms with Gasteiger partial charge in [-0.3, -0.25) is 9.59 Å². The van der Waals surface area contributed by atoms with Crippen LogP contribution in [0, 0.1) is 29.1 Å². The van der Waals surface area contributed by atoms with Gasteiger partial charge in [-0.25, -0.2) is 0 Å². The number of aliphatic hydroxyl groups is 2. The van der Waals surface area contributed by atoms with E-state index in [2.05, 4.69) is 39.1 Å². The average molecular weight is 418 g/mol. The van der Waals surface area contributed by atoms with Gasteiger partial charge in [0.2, 0.25) is 5.91 Å². The molecule has 2 unspecified atom stereocenters. The lowest BCUT2D eigenvalue weighted by Crippen LogP contribution is -2.54. The minimum Gasteiger partial charge on any atom is -0.390 e. The van der Waals surface area contributed by atoms with Crippen LogP contribution in [-0.2, 0) is 14.3 Å². The molecule has 2 aliphatic carbocycles. The summed E-state index contributed by atoms with van der Waals surface area (Å²) in [6.07, 6.45) is 2.29. The molecule has 6 heteroatoms. The molecule has 0 bridgehead atoms. The first-order valence-electron chi connectivity index (χ1n) is 11.3. The Bertz CT molecular complexity index is 801. The molecule has 4 rings (SSSR count). The standard InChI is InChI=1S/C24H35NO5/c1-11(2)8-16-18-14(5)13(4)10-15-9-12(3)6-7-17(26)19(27)20-21(30-20)22(28)24(15,18)23(29)25-16/h9-11,14-21,26-27H,6-8H2,1-5H3,(H,25,29)/t14-,15?,16?,17-,18+,19-,20-,21-,24+/m1/s1. The summed E-state index contributed by atoms with van der Waals surface area (Å²) in [5, 5.41) is 24.0. The van der Waals surface area contributed by atoms with Crippen molar-refractivity contribution in [2.45, 2.75) is 84.3 Å². The fourth-order valence-electron chi connectivity index (χ4n) is 6.13. The van der Waals surface area contributed by atoms with Crippen LogP contribution in [0.25, 0.3) is 0 Å². The summed E-state index contributed by atoms with van der Waals surface area (Å²) in [5.74, 6) is -0.485. The molecule has 2 aliphatic heterocycles. The summed E-state index contributed by atoms with van der Waals surface area (Å²) < 4.78 is 5.61. The number of ketones is 1. The highest BCUT2D eigenvalue weighted by molar-refractivity contribution is 6.12. The average Bonchev–Trinajstić information content (AvgIpc) is 3.41. The van der Waals surface area contributed by atoms with E-state index >= 15 is 0 Å². The summed E-state index contributed by atoms with van der Waals surface area (Å²) in [6.45, 7) is 10.4. The second-order valence-corrected chi connectivity index (χ2v) is 10.3. The first-order valence-corrected chi connectivity index (χ1v) is 11.3. The van der Waals surface area contributed by atoms with Gasteiger partial charge in [0, 0.05) is 17.9 Å². The Morgan fingerprint density at radius 2 is 1.93 bits per heavy atom. The molecule has 166 valence electrons.